The third-order valence-electron chi connectivity index (χ3n) is 8.11. The fraction of sp³-hybridized carbons (Fsp3) is 0.516. The van der Waals surface area contributed by atoms with Crippen LogP contribution >= 0.6 is 0 Å². The Morgan fingerprint density at radius 2 is 1.49 bits per heavy atom. The predicted molar refractivity (Wildman–Crippen MR) is 154 cm³/mol. The second kappa shape index (κ2) is 14.1. The summed E-state index contributed by atoms with van der Waals surface area (Å²) in [7, 11) is 3.35. The number of hydrogen-bond acceptors (Lipinski definition) is 9. The van der Waals surface area contributed by atoms with E-state index in [2.05, 4.69) is 24.0 Å². The molecular formula is C31H41NO11. The zero-order valence-electron chi connectivity index (χ0n) is 24.9. The molecule has 2 heterocycles. The van der Waals surface area contributed by atoms with Gasteiger partial charge in [-0.2, -0.15) is 0 Å². The van der Waals surface area contributed by atoms with Crippen LogP contribution in [-0.4, -0.2) is 86.9 Å². The topological polar surface area (TPSA) is 183 Å². The van der Waals surface area contributed by atoms with Gasteiger partial charge in [0.1, 0.15) is 5.75 Å². The van der Waals surface area contributed by atoms with Crippen LogP contribution in [0.15, 0.2) is 36.4 Å². The highest BCUT2D eigenvalue weighted by Gasteiger charge is 2.48. The number of aliphatic carboxylic acids is 3. The lowest BCUT2D eigenvalue weighted by Crippen LogP contribution is -2.49. The molecule has 2 aromatic rings. The molecule has 0 saturated carbocycles. The lowest BCUT2D eigenvalue weighted by Gasteiger charge is -2.44. The van der Waals surface area contributed by atoms with E-state index in [9.17, 15) is 19.5 Å². The maximum absolute atomic E-state index is 11.5. The summed E-state index contributed by atoms with van der Waals surface area (Å²) >= 11 is 0. The number of methoxy groups -OCH3 is 2. The smallest absolute Gasteiger partial charge is 0.336 e. The summed E-state index contributed by atoms with van der Waals surface area (Å²) in [5, 5.41) is 45.3. The first-order chi connectivity index (χ1) is 20.2. The van der Waals surface area contributed by atoms with Crippen molar-refractivity contribution in [2.24, 2.45) is 0 Å². The molecule has 2 fully saturated rings. The number of fused-ring (bicyclic) bond motifs is 2. The molecule has 4 rings (SSSR count). The van der Waals surface area contributed by atoms with Crippen LogP contribution < -0.4 is 14.2 Å². The minimum absolute atomic E-state index is 0.382. The van der Waals surface area contributed by atoms with Crippen LogP contribution in [-0.2, 0) is 26.5 Å². The van der Waals surface area contributed by atoms with Gasteiger partial charge in [-0.1, -0.05) is 12.1 Å². The number of aryl methyl sites for hydroxylation is 1. The summed E-state index contributed by atoms with van der Waals surface area (Å²) in [5.41, 5.74) is -0.0200. The van der Waals surface area contributed by atoms with Crippen molar-refractivity contribution < 1.29 is 54.1 Å². The maximum Gasteiger partial charge on any atom is 0.336 e. The molecule has 2 bridgehead atoms. The highest BCUT2D eigenvalue weighted by Crippen LogP contribution is 2.47. The minimum atomic E-state index is -2.74. The number of piperidine rings is 1. The summed E-state index contributed by atoms with van der Waals surface area (Å²) in [4.78, 5) is 33.1. The molecule has 43 heavy (non-hydrogen) atoms. The second-order valence-electron chi connectivity index (χ2n) is 11.1. The van der Waals surface area contributed by atoms with Gasteiger partial charge in [0, 0.05) is 18.6 Å². The van der Waals surface area contributed by atoms with Gasteiger partial charge in [0.2, 0.25) is 0 Å². The van der Waals surface area contributed by atoms with Gasteiger partial charge in [0.05, 0.1) is 39.3 Å². The molecule has 0 radical (unpaired) electrons. The number of hydrogen-bond donors (Lipinski definition) is 5. The van der Waals surface area contributed by atoms with E-state index in [1.165, 1.54) is 11.1 Å². The number of rotatable bonds is 12. The zero-order valence-corrected chi connectivity index (χ0v) is 24.9. The molecule has 236 valence electrons. The molecule has 2 unspecified atom stereocenters. The Kier molecular flexibility index (Phi) is 11.0. The van der Waals surface area contributed by atoms with Gasteiger partial charge in [-0.3, -0.25) is 14.5 Å². The van der Waals surface area contributed by atoms with Crippen molar-refractivity contribution in [3.63, 3.8) is 0 Å². The summed E-state index contributed by atoms with van der Waals surface area (Å²) < 4.78 is 16.6. The number of carboxylic acids is 3. The van der Waals surface area contributed by atoms with Crippen molar-refractivity contribution in [1.82, 2.24) is 4.90 Å². The Morgan fingerprint density at radius 1 is 0.930 bits per heavy atom. The first-order valence-corrected chi connectivity index (χ1v) is 14.1. The van der Waals surface area contributed by atoms with Gasteiger partial charge < -0.3 is 39.7 Å². The van der Waals surface area contributed by atoms with Crippen molar-refractivity contribution in [2.75, 3.05) is 20.8 Å². The molecule has 2 aromatic carbocycles. The van der Waals surface area contributed by atoms with Crippen LogP contribution in [0.4, 0.5) is 0 Å². The number of ether oxygens (including phenoxy) is 3. The molecule has 5 N–H and O–H groups in total. The summed E-state index contributed by atoms with van der Waals surface area (Å²) in [6, 6.07) is 12.9. The van der Waals surface area contributed by atoms with Crippen LogP contribution in [0, 0.1) is 6.92 Å². The maximum atomic E-state index is 11.5. The van der Waals surface area contributed by atoms with Crippen LogP contribution in [0.1, 0.15) is 62.1 Å². The van der Waals surface area contributed by atoms with Crippen molar-refractivity contribution >= 4 is 17.9 Å². The van der Waals surface area contributed by atoms with Gasteiger partial charge in [-0.15, -0.1) is 0 Å². The molecular weight excluding hydrogens is 562 g/mol. The monoisotopic (exact) mass is 603 g/mol. The Labute approximate surface area is 250 Å². The number of carboxylic acid groups (broad SMARTS) is 3. The van der Waals surface area contributed by atoms with Gasteiger partial charge in [-0.05, 0) is 80.5 Å². The number of carbonyl (C=O) groups is 3. The van der Waals surface area contributed by atoms with E-state index in [-0.39, 0.29) is 0 Å². The standard InChI is InChI=1S/C25H33NO4.C6H8O7/c1-5-30-24-13-18(17(2)12-23(24)29-4)16-26-20-8-9-21(26)15-25(27,14-20)19-6-10-22(28-3)11-7-19;7-3(8)1-6(13,5(11)12)2-4(9)10/h6-7,10-13,20-21,27H,5,8-9,14-16H2,1-4H3;13H,1-2H2,(H,7,8)(H,9,10)(H,11,12). The average molecular weight is 604 g/mol. The van der Waals surface area contributed by atoms with E-state index in [0.29, 0.717) is 18.7 Å². The van der Waals surface area contributed by atoms with E-state index in [1.807, 2.05) is 31.2 Å². The van der Waals surface area contributed by atoms with Crippen molar-refractivity contribution in [1.29, 1.82) is 0 Å². The SMILES string of the molecule is CCOc1cc(CN2C3CCC2CC(O)(c2ccc(OC)cc2)C3)c(C)cc1OC.O=C(O)CC(O)(CC(=O)O)C(=O)O. The lowest BCUT2D eigenvalue weighted by molar-refractivity contribution is -0.170. The molecule has 2 aliphatic rings. The third kappa shape index (κ3) is 8.15. The molecule has 0 aliphatic carbocycles. The normalized spacial score (nSPS) is 21.3. The van der Waals surface area contributed by atoms with Crippen LogP contribution in [0.3, 0.4) is 0 Å². The minimum Gasteiger partial charge on any atom is -0.497 e. The molecule has 12 heteroatoms. The molecule has 0 spiro atoms. The van der Waals surface area contributed by atoms with Gasteiger partial charge in [0.15, 0.2) is 17.1 Å². The Morgan fingerprint density at radius 3 is 1.93 bits per heavy atom. The molecule has 2 aliphatic heterocycles. The fourth-order valence-corrected chi connectivity index (χ4v) is 5.92. The van der Waals surface area contributed by atoms with E-state index in [4.69, 9.17) is 34.6 Å². The zero-order chi connectivity index (χ0) is 31.9. The molecule has 2 saturated heterocycles. The Bertz CT molecular complexity index is 1260. The van der Waals surface area contributed by atoms with E-state index < -0.39 is 42.0 Å². The lowest BCUT2D eigenvalue weighted by atomic mass is 9.80. The number of benzene rings is 2. The van der Waals surface area contributed by atoms with E-state index >= 15 is 0 Å². The quantitative estimate of drug-likeness (QED) is 0.239. The van der Waals surface area contributed by atoms with E-state index in [0.717, 1.165) is 55.0 Å². The van der Waals surface area contributed by atoms with Gasteiger partial charge >= 0.3 is 17.9 Å². The highest BCUT2D eigenvalue weighted by atomic mass is 16.5. The fourth-order valence-electron chi connectivity index (χ4n) is 5.92. The molecule has 0 amide bonds. The summed E-state index contributed by atoms with van der Waals surface area (Å²) in [6.45, 7) is 5.61. The third-order valence-corrected chi connectivity index (χ3v) is 8.11. The van der Waals surface area contributed by atoms with Crippen molar-refractivity contribution in [2.45, 2.75) is 82.2 Å². The van der Waals surface area contributed by atoms with E-state index in [1.54, 1.807) is 14.2 Å². The summed E-state index contributed by atoms with van der Waals surface area (Å²) in [5.74, 6) is -2.61. The number of aliphatic hydroxyl groups is 2. The first-order valence-electron chi connectivity index (χ1n) is 14.1. The van der Waals surface area contributed by atoms with Gasteiger partial charge in [-0.25, -0.2) is 4.79 Å². The largest absolute Gasteiger partial charge is 0.497 e. The number of nitrogens with zero attached hydrogens (tertiary/aromatic N) is 1. The highest BCUT2D eigenvalue weighted by molar-refractivity contribution is 5.88. The molecule has 12 nitrogen and oxygen atoms in total. The van der Waals surface area contributed by atoms with Crippen LogP contribution in [0.25, 0.3) is 0 Å². The second-order valence-corrected chi connectivity index (χ2v) is 11.1. The van der Waals surface area contributed by atoms with Crippen molar-refractivity contribution in [3.8, 4) is 17.2 Å². The van der Waals surface area contributed by atoms with Crippen LogP contribution in [0.2, 0.25) is 0 Å². The molecule has 2 atom stereocenters. The van der Waals surface area contributed by atoms with Gasteiger partial charge in [0.25, 0.3) is 0 Å². The predicted octanol–water partition coefficient (Wildman–Crippen LogP) is 3.18. The Hall–Kier alpha value is -3.87. The molecule has 0 aromatic heterocycles. The average Bonchev–Trinajstić information content (AvgIpc) is 3.18. The summed E-state index contributed by atoms with van der Waals surface area (Å²) in [6.07, 6.45) is 1.52. The van der Waals surface area contributed by atoms with Crippen LogP contribution in [0.5, 0.6) is 17.2 Å². The first kappa shape index (κ1) is 33.6. The Balaban J connectivity index is 0.000000331. The van der Waals surface area contributed by atoms with Crippen molar-refractivity contribution in [3.05, 3.63) is 53.1 Å².